The van der Waals surface area contributed by atoms with Crippen molar-refractivity contribution in [1.82, 2.24) is 20.3 Å². The van der Waals surface area contributed by atoms with E-state index in [9.17, 15) is 14.9 Å². The molecule has 4 rings (SSSR count). The number of aromatic nitrogens is 3. The van der Waals surface area contributed by atoms with E-state index in [1.165, 1.54) is 18.3 Å². The highest BCUT2D eigenvalue weighted by Gasteiger charge is 2.24. The van der Waals surface area contributed by atoms with E-state index < -0.39 is 10.8 Å². The second kappa shape index (κ2) is 9.13. The molecule has 2 heterocycles. The van der Waals surface area contributed by atoms with Gasteiger partial charge < -0.3 is 15.5 Å². The van der Waals surface area contributed by atoms with Crippen LogP contribution in [0.4, 0.5) is 17.5 Å². The fourth-order valence-corrected chi connectivity index (χ4v) is 3.95. The average molecular weight is 435 g/mol. The molecule has 1 aromatic carbocycles. The summed E-state index contributed by atoms with van der Waals surface area (Å²) in [6, 6.07) is 10.6. The highest BCUT2D eigenvalue weighted by atomic mass is 16.6. The molecule has 10 heteroatoms. The summed E-state index contributed by atoms with van der Waals surface area (Å²) in [6.07, 6.45) is 4.54. The molecule has 1 fully saturated rings. The molecule has 32 heavy (non-hydrogen) atoms. The van der Waals surface area contributed by atoms with Gasteiger partial charge in [0, 0.05) is 49.9 Å². The lowest BCUT2D eigenvalue weighted by molar-refractivity contribution is -0.385. The molecule has 0 saturated heterocycles. The van der Waals surface area contributed by atoms with E-state index >= 15 is 0 Å². The van der Waals surface area contributed by atoms with E-state index in [0.717, 1.165) is 42.4 Å². The topological polar surface area (TPSA) is 126 Å². The zero-order valence-electron chi connectivity index (χ0n) is 18.0. The maximum absolute atomic E-state index is 12.4. The highest BCUT2D eigenvalue weighted by molar-refractivity contribution is 5.93. The van der Waals surface area contributed by atoms with E-state index in [4.69, 9.17) is 4.98 Å². The van der Waals surface area contributed by atoms with E-state index in [1.807, 2.05) is 43.3 Å². The van der Waals surface area contributed by atoms with Gasteiger partial charge in [0.05, 0.1) is 10.4 Å². The van der Waals surface area contributed by atoms with E-state index in [1.54, 1.807) is 0 Å². The van der Waals surface area contributed by atoms with Crippen LogP contribution in [0.15, 0.2) is 42.6 Å². The first kappa shape index (κ1) is 21.4. The first-order valence-corrected chi connectivity index (χ1v) is 10.5. The third-order valence-electron chi connectivity index (χ3n) is 5.59. The normalized spacial score (nSPS) is 18.2. The summed E-state index contributed by atoms with van der Waals surface area (Å²) < 4.78 is 0. The molecular weight excluding hydrogens is 410 g/mol. The molecule has 1 amide bonds. The van der Waals surface area contributed by atoms with Crippen LogP contribution in [0.3, 0.4) is 0 Å². The maximum atomic E-state index is 12.4. The fourth-order valence-electron chi connectivity index (χ4n) is 3.95. The molecule has 2 N–H and O–H groups in total. The molecule has 10 nitrogen and oxygen atoms in total. The zero-order chi connectivity index (χ0) is 22.7. The highest BCUT2D eigenvalue weighted by Crippen LogP contribution is 2.26. The lowest BCUT2D eigenvalue weighted by atomic mass is 9.91. The number of anilines is 2. The Hall–Kier alpha value is -3.82. The van der Waals surface area contributed by atoms with Gasteiger partial charge in [-0.15, -0.1) is 0 Å². The number of rotatable bonds is 6. The van der Waals surface area contributed by atoms with Gasteiger partial charge in [-0.2, -0.15) is 4.98 Å². The van der Waals surface area contributed by atoms with E-state index in [0.29, 0.717) is 5.95 Å². The van der Waals surface area contributed by atoms with Gasteiger partial charge in [-0.1, -0.05) is 12.1 Å². The van der Waals surface area contributed by atoms with Crippen LogP contribution in [-0.4, -0.2) is 52.0 Å². The molecule has 1 aliphatic rings. The van der Waals surface area contributed by atoms with E-state index in [2.05, 4.69) is 20.6 Å². The number of carbonyl (C=O) groups is 1. The molecule has 1 saturated carbocycles. The summed E-state index contributed by atoms with van der Waals surface area (Å²) in [6.45, 7) is 0. The minimum Gasteiger partial charge on any atom is -0.362 e. The summed E-state index contributed by atoms with van der Waals surface area (Å²) in [4.78, 5) is 38.1. The van der Waals surface area contributed by atoms with Gasteiger partial charge in [0.15, 0.2) is 0 Å². The molecule has 0 radical (unpaired) electrons. The quantitative estimate of drug-likeness (QED) is 0.447. The first-order chi connectivity index (χ1) is 15.4. The Bertz CT molecular complexity index is 1140. The van der Waals surface area contributed by atoms with Crippen molar-refractivity contribution >= 4 is 34.3 Å². The Kier molecular flexibility index (Phi) is 6.11. The third-order valence-corrected chi connectivity index (χ3v) is 5.59. The number of para-hydroxylation sites is 1. The Labute approximate surface area is 185 Å². The smallest absolute Gasteiger partial charge is 0.273 e. The number of pyridine rings is 1. The van der Waals surface area contributed by atoms with Gasteiger partial charge in [0.2, 0.25) is 5.95 Å². The minimum absolute atomic E-state index is 0.00327. The minimum atomic E-state index is -0.536. The lowest BCUT2D eigenvalue weighted by Crippen LogP contribution is -2.40. The third kappa shape index (κ3) is 4.74. The summed E-state index contributed by atoms with van der Waals surface area (Å²) in [5.41, 5.74) is 0.796. The molecule has 2 aromatic heterocycles. The molecule has 3 aromatic rings. The Balaban J connectivity index is 1.37. The predicted molar refractivity (Wildman–Crippen MR) is 122 cm³/mol. The number of nitrogens with zero attached hydrogens (tertiary/aromatic N) is 5. The van der Waals surface area contributed by atoms with Crippen molar-refractivity contribution in [2.24, 2.45) is 0 Å². The van der Waals surface area contributed by atoms with Crippen molar-refractivity contribution in [2.75, 3.05) is 24.3 Å². The van der Waals surface area contributed by atoms with Crippen LogP contribution in [0.2, 0.25) is 0 Å². The molecule has 0 unspecified atom stereocenters. The number of hydrogen-bond acceptors (Lipinski definition) is 8. The Morgan fingerprint density at radius 2 is 1.81 bits per heavy atom. The van der Waals surface area contributed by atoms with Gasteiger partial charge >= 0.3 is 0 Å². The molecule has 0 bridgehead atoms. The number of benzene rings is 1. The van der Waals surface area contributed by atoms with Crippen molar-refractivity contribution in [1.29, 1.82) is 0 Å². The number of fused-ring (bicyclic) bond motifs is 1. The number of nitro groups is 1. The second-order valence-electron chi connectivity index (χ2n) is 8.11. The summed E-state index contributed by atoms with van der Waals surface area (Å²) in [5.74, 6) is 1.07. The van der Waals surface area contributed by atoms with Crippen molar-refractivity contribution in [3.63, 3.8) is 0 Å². The first-order valence-electron chi connectivity index (χ1n) is 10.5. The van der Waals surface area contributed by atoms with Crippen molar-refractivity contribution in [3.8, 4) is 0 Å². The number of amides is 1. The molecular formula is C22H25N7O3. The molecule has 0 aliphatic heterocycles. The monoisotopic (exact) mass is 435 g/mol. The van der Waals surface area contributed by atoms with Gasteiger partial charge in [-0.05, 0) is 37.8 Å². The molecule has 1 aliphatic carbocycles. The van der Waals surface area contributed by atoms with Crippen LogP contribution in [0.25, 0.3) is 10.9 Å². The summed E-state index contributed by atoms with van der Waals surface area (Å²) in [7, 11) is 3.92. The van der Waals surface area contributed by atoms with Crippen LogP contribution >= 0.6 is 0 Å². The standard InChI is InChI=1S/C22H25N7O3/c1-28(2)20-17-5-3-4-6-18(17)26-22(27-20)25-15-9-7-14(8-10-15)24-21(30)19-13-16(29(31)32)11-12-23-19/h3-6,11-15H,7-10H2,1-2H3,(H,24,30)(H,25,26,27)/t14-,15+. The molecule has 0 atom stereocenters. The van der Waals surface area contributed by atoms with Crippen molar-refractivity contribution in [2.45, 2.75) is 37.8 Å². The fraction of sp³-hybridized carbons (Fsp3) is 0.364. The zero-order valence-corrected chi connectivity index (χ0v) is 18.0. The van der Waals surface area contributed by atoms with Crippen LogP contribution in [0.5, 0.6) is 0 Å². The van der Waals surface area contributed by atoms with Crippen molar-refractivity contribution in [3.05, 3.63) is 58.4 Å². The largest absolute Gasteiger partial charge is 0.362 e. The Morgan fingerprint density at radius 3 is 2.53 bits per heavy atom. The van der Waals surface area contributed by atoms with Crippen LogP contribution in [-0.2, 0) is 0 Å². The average Bonchev–Trinajstić information content (AvgIpc) is 2.79. The van der Waals surface area contributed by atoms with Gasteiger partial charge in [0.1, 0.15) is 11.5 Å². The SMILES string of the molecule is CN(C)c1nc(N[C@H]2CC[C@@H](NC(=O)c3cc([N+](=O)[O-])ccn3)CC2)nc2ccccc12. The van der Waals surface area contributed by atoms with Crippen LogP contribution in [0.1, 0.15) is 36.2 Å². The Morgan fingerprint density at radius 1 is 1.09 bits per heavy atom. The van der Waals surface area contributed by atoms with Crippen molar-refractivity contribution < 1.29 is 9.72 Å². The number of carbonyl (C=O) groups excluding carboxylic acids is 1. The van der Waals surface area contributed by atoms with Gasteiger partial charge in [0.25, 0.3) is 11.6 Å². The lowest BCUT2D eigenvalue weighted by Gasteiger charge is -2.29. The van der Waals surface area contributed by atoms with Gasteiger partial charge in [-0.25, -0.2) is 4.98 Å². The molecule has 166 valence electrons. The predicted octanol–water partition coefficient (Wildman–Crippen LogP) is 3.15. The number of nitrogens with one attached hydrogen (secondary N) is 2. The second-order valence-corrected chi connectivity index (χ2v) is 8.11. The number of hydrogen-bond donors (Lipinski definition) is 2. The van der Waals surface area contributed by atoms with Crippen LogP contribution < -0.4 is 15.5 Å². The van der Waals surface area contributed by atoms with Crippen LogP contribution in [0, 0.1) is 10.1 Å². The maximum Gasteiger partial charge on any atom is 0.273 e. The molecule has 0 spiro atoms. The summed E-state index contributed by atoms with van der Waals surface area (Å²) in [5, 5.41) is 18.3. The van der Waals surface area contributed by atoms with E-state index in [-0.39, 0.29) is 23.5 Å². The van der Waals surface area contributed by atoms with Gasteiger partial charge in [-0.3, -0.25) is 19.9 Å². The summed E-state index contributed by atoms with van der Waals surface area (Å²) >= 11 is 0.